The third-order valence-electron chi connectivity index (χ3n) is 2.16. The first-order valence-corrected chi connectivity index (χ1v) is 5.51. The van der Waals surface area contributed by atoms with E-state index in [1.54, 1.807) is 0 Å². The summed E-state index contributed by atoms with van der Waals surface area (Å²) in [5.74, 6) is 1.18. The van der Waals surface area contributed by atoms with E-state index >= 15 is 0 Å². The maximum Gasteiger partial charge on any atom is 0.167 e. The molecule has 3 heteroatoms. The molecule has 3 nitrogen and oxygen atoms in total. The summed E-state index contributed by atoms with van der Waals surface area (Å²) in [7, 11) is 0. The average molecular weight is 222 g/mol. The van der Waals surface area contributed by atoms with E-state index in [4.69, 9.17) is 9.47 Å². The van der Waals surface area contributed by atoms with Crippen LogP contribution in [0.2, 0.25) is 0 Å². The first-order chi connectivity index (χ1) is 7.60. The summed E-state index contributed by atoms with van der Waals surface area (Å²) in [4.78, 5) is 11.6. The molecule has 0 radical (unpaired) electrons. The van der Waals surface area contributed by atoms with Gasteiger partial charge in [-0.15, -0.1) is 0 Å². The van der Waals surface area contributed by atoms with Crippen LogP contribution in [0.3, 0.4) is 0 Å². The van der Waals surface area contributed by atoms with Crippen molar-refractivity contribution in [2.45, 2.75) is 27.7 Å². The summed E-state index contributed by atoms with van der Waals surface area (Å²) in [5, 5.41) is 0. The molecule has 0 fully saturated rings. The number of Topliss-reactive ketones (excluding diaryl/α,β-unsaturated/α-hetero) is 1. The van der Waals surface area contributed by atoms with Crippen LogP contribution in [0.1, 0.15) is 36.7 Å². The van der Waals surface area contributed by atoms with Crippen molar-refractivity contribution in [2.24, 2.45) is 0 Å². The number of benzene rings is 1. The number of ketones is 1. The minimum Gasteiger partial charge on any atom is -0.493 e. The zero-order valence-electron chi connectivity index (χ0n) is 10.3. The molecule has 0 saturated carbocycles. The van der Waals surface area contributed by atoms with Crippen molar-refractivity contribution >= 4 is 5.78 Å². The number of hydrogen-bond donors (Lipinski definition) is 0. The molecular weight excluding hydrogens is 204 g/mol. The Morgan fingerprint density at radius 2 is 1.56 bits per heavy atom. The van der Waals surface area contributed by atoms with Crippen LogP contribution >= 0.6 is 0 Å². The van der Waals surface area contributed by atoms with Crippen molar-refractivity contribution in [1.82, 2.24) is 0 Å². The average Bonchev–Trinajstić information content (AvgIpc) is 2.17. The van der Waals surface area contributed by atoms with Crippen LogP contribution in [0, 0.1) is 6.92 Å². The van der Waals surface area contributed by atoms with Crippen LogP contribution in [-0.4, -0.2) is 19.0 Å². The molecule has 0 atom stereocenters. The molecule has 0 amide bonds. The standard InChI is InChI=1S/C13H18O3/c1-5-15-11-7-9(3)8-12(16-6-2)13(11)10(4)14/h7-8H,5-6H2,1-4H3. The Bertz CT molecular complexity index is 356. The first kappa shape index (κ1) is 12.6. The van der Waals surface area contributed by atoms with Gasteiger partial charge in [-0.1, -0.05) is 0 Å². The zero-order chi connectivity index (χ0) is 12.1. The fourth-order valence-corrected chi connectivity index (χ4v) is 1.61. The molecule has 1 aromatic carbocycles. The molecule has 88 valence electrons. The van der Waals surface area contributed by atoms with Gasteiger partial charge < -0.3 is 9.47 Å². The SMILES string of the molecule is CCOc1cc(C)cc(OCC)c1C(C)=O. The number of ether oxygens (including phenoxy) is 2. The first-order valence-electron chi connectivity index (χ1n) is 5.51. The number of carbonyl (C=O) groups excluding carboxylic acids is 1. The van der Waals surface area contributed by atoms with Gasteiger partial charge >= 0.3 is 0 Å². The molecule has 0 spiro atoms. The highest BCUT2D eigenvalue weighted by molar-refractivity contribution is 5.99. The third kappa shape index (κ3) is 2.75. The monoisotopic (exact) mass is 222 g/mol. The fourth-order valence-electron chi connectivity index (χ4n) is 1.61. The van der Waals surface area contributed by atoms with Gasteiger partial charge in [0.1, 0.15) is 17.1 Å². The summed E-state index contributed by atoms with van der Waals surface area (Å²) < 4.78 is 10.9. The van der Waals surface area contributed by atoms with E-state index in [9.17, 15) is 4.79 Å². The van der Waals surface area contributed by atoms with Crippen molar-refractivity contribution in [1.29, 1.82) is 0 Å². The lowest BCUT2D eigenvalue weighted by Gasteiger charge is -2.14. The lowest BCUT2D eigenvalue weighted by atomic mass is 10.1. The molecule has 1 rings (SSSR count). The molecule has 0 N–H and O–H groups in total. The summed E-state index contributed by atoms with van der Waals surface area (Å²) in [5.41, 5.74) is 1.56. The number of aryl methyl sites for hydroxylation is 1. The smallest absolute Gasteiger partial charge is 0.167 e. The maximum absolute atomic E-state index is 11.6. The predicted octanol–water partition coefficient (Wildman–Crippen LogP) is 3.00. The van der Waals surface area contributed by atoms with E-state index in [0.29, 0.717) is 30.3 Å². The van der Waals surface area contributed by atoms with Crippen LogP contribution in [0.5, 0.6) is 11.5 Å². The van der Waals surface area contributed by atoms with Crippen molar-refractivity contribution in [3.8, 4) is 11.5 Å². The highest BCUT2D eigenvalue weighted by Gasteiger charge is 2.16. The van der Waals surface area contributed by atoms with Crippen LogP contribution in [-0.2, 0) is 0 Å². The third-order valence-corrected chi connectivity index (χ3v) is 2.16. The predicted molar refractivity (Wildman–Crippen MR) is 63.5 cm³/mol. The highest BCUT2D eigenvalue weighted by atomic mass is 16.5. The van der Waals surface area contributed by atoms with Crippen LogP contribution in [0.4, 0.5) is 0 Å². The number of carbonyl (C=O) groups is 1. The Labute approximate surface area is 96.4 Å². The van der Waals surface area contributed by atoms with Crippen molar-refractivity contribution in [2.75, 3.05) is 13.2 Å². The van der Waals surface area contributed by atoms with Gasteiger partial charge in [0.05, 0.1) is 13.2 Å². The normalized spacial score (nSPS) is 10.0. The molecule has 0 aromatic heterocycles. The topological polar surface area (TPSA) is 35.5 Å². The summed E-state index contributed by atoms with van der Waals surface area (Å²) in [6, 6.07) is 3.73. The second kappa shape index (κ2) is 5.54. The number of hydrogen-bond acceptors (Lipinski definition) is 3. The van der Waals surface area contributed by atoms with Crippen LogP contribution < -0.4 is 9.47 Å². The van der Waals surface area contributed by atoms with Crippen molar-refractivity contribution in [3.63, 3.8) is 0 Å². The van der Waals surface area contributed by atoms with E-state index in [0.717, 1.165) is 5.56 Å². The van der Waals surface area contributed by atoms with Gasteiger partial charge in [0.15, 0.2) is 5.78 Å². The molecule has 0 heterocycles. The molecule has 0 aliphatic carbocycles. The van der Waals surface area contributed by atoms with Crippen LogP contribution in [0.15, 0.2) is 12.1 Å². The molecule has 0 unspecified atom stereocenters. The second-order valence-corrected chi connectivity index (χ2v) is 3.56. The lowest BCUT2D eigenvalue weighted by molar-refractivity contribution is 0.101. The van der Waals surface area contributed by atoms with E-state index in [1.165, 1.54) is 6.92 Å². The lowest BCUT2D eigenvalue weighted by Crippen LogP contribution is -2.05. The summed E-state index contributed by atoms with van der Waals surface area (Å²) in [6.45, 7) is 8.34. The largest absolute Gasteiger partial charge is 0.493 e. The molecular formula is C13H18O3. The second-order valence-electron chi connectivity index (χ2n) is 3.56. The van der Waals surface area contributed by atoms with Gasteiger partial charge in [-0.2, -0.15) is 0 Å². The molecule has 0 aliphatic rings. The quantitative estimate of drug-likeness (QED) is 0.718. The zero-order valence-corrected chi connectivity index (χ0v) is 10.3. The van der Waals surface area contributed by atoms with Crippen molar-refractivity contribution < 1.29 is 14.3 Å². The Morgan fingerprint density at radius 1 is 1.12 bits per heavy atom. The summed E-state index contributed by atoms with van der Waals surface area (Å²) >= 11 is 0. The summed E-state index contributed by atoms with van der Waals surface area (Å²) in [6.07, 6.45) is 0. The van der Waals surface area contributed by atoms with Gasteiger partial charge in [-0.3, -0.25) is 4.79 Å². The Balaban J connectivity index is 3.29. The Morgan fingerprint density at radius 3 is 1.88 bits per heavy atom. The maximum atomic E-state index is 11.6. The van der Waals surface area contributed by atoms with Gasteiger partial charge in [-0.05, 0) is 45.4 Å². The van der Waals surface area contributed by atoms with Crippen molar-refractivity contribution in [3.05, 3.63) is 23.3 Å². The Kier molecular flexibility index (Phi) is 4.35. The molecule has 1 aromatic rings. The molecule has 0 bridgehead atoms. The minimum atomic E-state index is -0.0353. The molecule has 16 heavy (non-hydrogen) atoms. The van der Waals surface area contributed by atoms with E-state index < -0.39 is 0 Å². The highest BCUT2D eigenvalue weighted by Crippen LogP contribution is 2.31. The van der Waals surface area contributed by atoms with Crippen LogP contribution in [0.25, 0.3) is 0 Å². The number of rotatable bonds is 5. The minimum absolute atomic E-state index is 0.0353. The van der Waals surface area contributed by atoms with Gasteiger partial charge in [0.25, 0.3) is 0 Å². The van der Waals surface area contributed by atoms with E-state index in [-0.39, 0.29) is 5.78 Å². The van der Waals surface area contributed by atoms with Gasteiger partial charge in [0, 0.05) is 0 Å². The van der Waals surface area contributed by atoms with Gasteiger partial charge in [-0.25, -0.2) is 0 Å². The van der Waals surface area contributed by atoms with Gasteiger partial charge in [0.2, 0.25) is 0 Å². The van der Waals surface area contributed by atoms with E-state index in [1.807, 2.05) is 32.9 Å². The fraction of sp³-hybridized carbons (Fsp3) is 0.462. The van der Waals surface area contributed by atoms with E-state index in [2.05, 4.69) is 0 Å². The Hall–Kier alpha value is -1.51. The molecule has 0 saturated heterocycles. The molecule has 0 aliphatic heterocycles.